The van der Waals surface area contributed by atoms with Crippen LogP contribution in [0.15, 0.2) is 24.3 Å². The summed E-state index contributed by atoms with van der Waals surface area (Å²) in [6, 6.07) is 7.58. The fourth-order valence-electron chi connectivity index (χ4n) is 3.98. The molecule has 0 bridgehead atoms. The van der Waals surface area contributed by atoms with Crippen LogP contribution in [0.25, 0.3) is 0 Å². The quantitative estimate of drug-likeness (QED) is 0.685. The number of halogens is 2. The Balaban J connectivity index is 0.00000182. The highest BCUT2D eigenvalue weighted by atomic mass is 35.5. The summed E-state index contributed by atoms with van der Waals surface area (Å²) in [5.74, 6) is -0.357. The number of anilines is 1. The Bertz CT molecular complexity index is 650. The number of likely N-dealkylation sites (tertiary alicyclic amines) is 1. The molecule has 0 aromatic heterocycles. The van der Waals surface area contributed by atoms with E-state index >= 15 is 0 Å². The Kier molecular flexibility index (Phi) is 9.02. The SMILES string of the molecule is Cl.Cl.NC(=O)C1CCCN1Cc1cccc(NC(=O)C2(N)CCCCC2)c1. The number of carbonyl (C=O) groups is 2. The van der Waals surface area contributed by atoms with Crippen molar-refractivity contribution in [3.05, 3.63) is 29.8 Å². The fraction of sp³-hybridized carbons (Fsp3) is 0.579. The molecule has 1 saturated heterocycles. The Hall–Kier alpha value is -1.34. The van der Waals surface area contributed by atoms with Crippen molar-refractivity contribution in [3.8, 4) is 0 Å². The van der Waals surface area contributed by atoms with Gasteiger partial charge < -0.3 is 16.8 Å². The molecule has 2 fully saturated rings. The van der Waals surface area contributed by atoms with Crippen molar-refractivity contribution < 1.29 is 9.59 Å². The van der Waals surface area contributed by atoms with E-state index in [1.54, 1.807) is 0 Å². The molecule has 1 atom stereocenters. The molecule has 152 valence electrons. The molecule has 1 aromatic rings. The predicted octanol–water partition coefficient (Wildman–Crippen LogP) is 2.58. The van der Waals surface area contributed by atoms with Gasteiger partial charge in [0.25, 0.3) is 0 Å². The molecule has 6 nitrogen and oxygen atoms in total. The van der Waals surface area contributed by atoms with E-state index in [2.05, 4.69) is 10.2 Å². The lowest BCUT2D eigenvalue weighted by molar-refractivity contribution is -0.123. The van der Waals surface area contributed by atoms with E-state index in [0.29, 0.717) is 6.54 Å². The van der Waals surface area contributed by atoms with E-state index in [1.165, 1.54) is 0 Å². The monoisotopic (exact) mass is 416 g/mol. The van der Waals surface area contributed by atoms with E-state index < -0.39 is 5.54 Å². The summed E-state index contributed by atoms with van der Waals surface area (Å²) in [7, 11) is 0. The van der Waals surface area contributed by atoms with Gasteiger partial charge in [0.2, 0.25) is 11.8 Å². The van der Waals surface area contributed by atoms with Crippen LogP contribution in [-0.2, 0) is 16.1 Å². The van der Waals surface area contributed by atoms with Crippen molar-refractivity contribution in [2.45, 2.75) is 63.1 Å². The summed E-state index contributed by atoms with van der Waals surface area (Å²) >= 11 is 0. The smallest absolute Gasteiger partial charge is 0.244 e. The number of hydrogen-bond donors (Lipinski definition) is 3. The average Bonchev–Trinajstić information content (AvgIpc) is 3.04. The van der Waals surface area contributed by atoms with E-state index in [0.717, 1.165) is 62.7 Å². The average molecular weight is 417 g/mol. The molecule has 1 aliphatic carbocycles. The van der Waals surface area contributed by atoms with Crippen LogP contribution in [0.5, 0.6) is 0 Å². The lowest BCUT2D eigenvalue weighted by atomic mass is 9.82. The number of rotatable bonds is 5. The third-order valence-corrected chi connectivity index (χ3v) is 5.46. The topological polar surface area (TPSA) is 101 Å². The molecule has 1 heterocycles. The molecule has 1 aromatic carbocycles. The van der Waals surface area contributed by atoms with Crippen LogP contribution in [0.2, 0.25) is 0 Å². The Morgan fingerprint density at radius 1 is 1.15 bits per heavy atom. The predicted molar refractivity (Wildman–Crippen MR) is 112 cm³/mol. The molecule has 2 amide bonds. The van der Waals surface area contributed by atoms with Crippen molar-refractivity contribution in [3.63, 3.8) is 0 Å². The molecule has 2 aliphatic rings. The maximum Gasteiger partial charge on any atom is 0.244 e. The molecule has 1 aliphatic heterocycles. The summed E-state index contributed by atoms with van der Waals surface area (Å²) < 4.78 is 0. The second kappa shape index (κ2) is 10.3. The number of nitrogens with one attached hydrogen (secondary N) is 1. The van der Waals surface area contributed by atoms with Crippen LogP contribution in [0.4, 0.5) is 5.69 Å². The van der Waals surface area contributed by atoms with Crippen molar-refractivity contribution >= 4 is 42.3 Å². The van der Waals surface area contributed by atoms with E-state index in [9.17, 15) is 9.59 Å². The molecular formula is C19H30Cl2N4O2. The van der Waals surface area contributed by atoms with Gasteiger partial charge in [0.15, 0.2) is 0 Å². The number of nitrogens with two attached hydrogens (primary N) is 2. The van der Waals surface area contributed by atoms with Crippen LogP contribution < -0.4 is 16.8 Å². The van der Waals surface area contributed by atoms with Gasteiger partial charge in [0, 0.05) is 12.2 Å². The summed E-state index contributed by atoms with van der Waals surface area (Å²) in [5, 5.41) is 2.98. The molecule has 1 saturated carbocycles. The lowest BCUT2D eigenvalue weighted by Crippen LogP contribution is -2.52. The molecule has 0 spiro atoms. The molecule has 0 radical (unpaired) electrons. The third-order valence-electron chi connectivity index (χ3n) is 5.46. The summed E-state index contributed by atoms with van der Waals surface area (Å²) in [5.41, 5.74) is 12.8. The highest BCUT2D eigenvalue weighted by Gasteiger charge is 2.35. The first-order valence-corrected chi connectivity index (χ1v) is 9.21. The number of hydrogen-bond acceptors (Lipinski definition) is 4. The minimum Gasteiger partial charge on any atom is -0.368 e. The van der Waals surface area contributed by atoms with E-state index in [4.69, 9.17) is 11.5 Å². The number of amides is 2. The fourth-order valence-corrected chi connectivity index (χ4v) is 3.98. The second-order valence-electron chi connectivity index (χ2n) is 7.40. The lowest BCUT2D eigenvalue weighted by Gasteiger charge is -2.31. The normalized spacial score (nSPS) is 21.6. The van der Waals surface area contributed by atoms with Gasteiger partial charge >= 0.3 is 0 Å². The number of primary amides is 1. The minimum absolute atomic E-state index is 0. The van der Waals surface area contributed by atoms with Gasteiger partial charge in [-0.15, -0.1) is 24.8 Å². The van der Waals surface area contributed by atoms with Gasteiger partial charge in [0.1, 0.15) is 0 Å². The highest BCUT2D eigenvalue weighted by molar-refractivity contribution is 5.98. The van der Waals surface area contributed by atoms with Gasteiger partial charge in [-0.1, -0.05) is 31.4 Å². The first-order valence-electron chi connectivity index (χ1n) is 9.21. The van der Waals surface area contributed by atoms with Crippen LogP contribution in [-0.4, -0.2) is 34.8 Å². The first kappa shape index (κ1) is 23.7. The van der Waals surface area contributed by atoms with Gasteiger partial charge in [-0.05, 0) is 49.9 Å². The molecule has 3 rings (SSSR count). The maximum absolute atomic E-state index is 12.6. The van der Waals surface area contributed by atoms with Crippen molar-refractivity contribution in [1.82, 2.24) is 4.90 Å². The van der Waals surface area contributed by atoms with Crippen LogP contribution >= 0.6 is 24.8 Å². The molecule has 27 heavy (non-hydrogen) atoms. The standard InChI is InChI=1S/C19H28N4O2.2ClH/c20-17(24)16-8-5-11-23(16)13-14-6-4-7-15(12-14)22-18(25)19(21)9-2-1-3-10-19;;/h4,6-7,12,16H,1-3,5,8-11,13,21H2,(H2,20,24)(H,22,25);2*1H. The molecular weight excluding hydrogens is 387 g/mol. The Morgan fingerprint density at radius 3 is 2.52 bits per heavy atom. The van der Waals surface area contributed by atoms with Crippen molar-refractivity contribution in [2.24, 2.45) is 11.5 Å². The second-order valence-corrected chi connectivity index (χ2v) is 7.40. The van der Waals surface area contributed by atoms with Crippen molar-refractivity contribution in [1.29, 1.82) is 0 Å². The zero-order valence-corrected chi connectivity index (χ0v) is 17.1. The molecule has 5 N–H and O–H groups in total. The largest absolute Gasteiger partial charge is 0.368 e. The van der Waals surface area contributed by atoms with Crippen LogP contribution in [0.1, 0.15) is 50.5 Å². The Labute approximate surface area is 173 Å². The summed E-state index contributed by atoms with van der Waals surface area (Å²) in [4.78, 5) is 26.2. The van der Waals surface area contributed by atoms with Gasteiger partial charge in [-0.3, -0.25) is 14.5 Å². The third kappa shape index (κ3) is 5.82. The summed E-state index contributed by atoms with van der Waals surface area (Å²) in [6.45, 7) is 1.53. The van der Waals surface area contributed by atoms with Gasteiger partial charge in [-0.2, -0.15) is 0 Å². The summed E-state index contributed by atoms with van der Waals surface area (Å²) in [6.07, 6.45) is 6.46. The van der Waals surface area contributed by atoms with Gasteiger partial charge in [-0.25, -0.2) is 0 Å². The van der Waals surface area contributed by atoms with Crippen LogP contribution in [0, 0.1) is 0 Å². The van der Waals surface area contributed by atoms with Crippen molar-refractivity contribution in [2.75, 3.05) is 11.9 Å². The van der Waals surface area contributed by atoms with E-state index in [-0.39, 0.29) is 42.7 Å². The minimum atomic E-state index is -0.750. The van der Waals surface area contributed by atoms with Gasteiger partial charge in [0.05, 0.1) is 11.6 Å². The number of carbonyl (C=O) groups excluding carboxylic acids is 2. The molecule has 8 heteroatoms. The highest BCUT2D eigenvalue weighted by Crippen LogP contribution is 2.27. The maximum atomic E-state index is 12.6. The zero-order chi connectivity index (χ0) is 17.9. The number of nitrogens with zero attached hydrogens (tertiary/aromatic N) is 1. The van der Waals surface area contributed by atoms with E-state index in [1.807, 2.05) is 24.3 Å². The first-order chi connectivity index (χ1) is 12.0. The number of benzene rings is 1. The van der Waals surface area contributed by atoms with Crippen LogP contribution in [0.3, 0.4) is 0 Å². The zero-order valence-electron chi connectivity index (χ0n) is 15.5. The Morgan fingerprint density at radius 2 is 1.85 bits per heavy atom. The molecule has 1 unspecified atom stereocenters.